The van der Waals surface area contributed by atoms with Gasteiger partial charge in [0, 0.05) is 48.7 Å². The molecule has 3 N–H and O–H groups in total. The van der Waals surface area contributed by atoms with Crippen molar-refractivity contribution in [2.75, 3.05) is 19.6 Å². The number of nitrogens with zero attached hydrogens (tertiary/aromatic N) is 1. The van der Waals surface area contributed by atoms with Gasteiger partial charge in [-0.2, -0.15) is 0 Å². The van der Waals surface area contributed by atoms with Crippen LogP contribution >= 0.6 is 11.6 Å². The number of amides is 3. The molecule has 4 rings (SSSR count). The summed E-state index contributed by atoms with van der Waals surface area (Å²) in [5.74, 6) is -0.0594. The second kappa shape index (κ2) is 10.0. The Labute approximate surface area is 202 Å². The normalized spacial score (nSPS) is 15.7. The zero-order valence-corrected chi connectivity index (χ0v) is 19.9. The molecule has 2 aromatic rings. The number of hydrogen-bond donors (Lipinski definition) is 3. The van der Waals surface area contributed by atoms with Crippen molar-refractivity contribution >= 4 is 33.4 Å². The van der Waals surface area contributed by atoms with Gasteiger partial charge in [-0.15, -0.1) is 0 Å². The first kappa shape index (κ1) is 24.0. The number of fused-ring (bicyclic) bond motifs is 1. The summed E-state index contributed by atoms with van der Waals surface area (Å²) in [7, 11) is -3.68. The van der Waals surface area contributed by atoms with E-state index in [9.17, 15) is 22.8 Å². The van der Waals surface area contributed by atoms with Gasteiger partial charge in [0.15, 0.2) is 9.84 Å². The number of carbonyl (C=O) groups excluding carboxylic acids is 2. The number of aromatic amines is 1. The zero-order valence-electron chi connectivity index (χ0n) is 18.3. The number of aromatic nitrogens is 1. The van der Waals surface area contributed by atoms with E-state index in [4.69, 9.17) is 11.6 Å². The van der Waals surface area contributed by atoms with Crippen LogP contribution in [0.4, 0.5) is 4.79 Å². The van der Waals surface area contributed by atoms with Crippen molar-refractivity contribution in [2.45, 2.75) is 30.7 Å². The third-order valence-corrected chi connectivity index (χ3v) is 7.51. The van der Waals surface area contributed by atoms with Crippen molar-refractivity contribution in [1.29, 1.82) is 0 Å². The Morgan fingerprint density at radius 1 is 1.18 bits per heavy atom. The Morgan fingerprint density at radius 3 is 2.62 bits per heavy atom. The van der Waals surface area contributed by atoms with Gasteiger partial charge in [0.2, 0.25) is 0 Å². The van der Waals surface area contributed by atoms with Crippen LogP contribution in [-0.2, 0) is 22.8 Å². The predicted molar refractivity (Wildman–Crippen MR) is 127 cm³/mol. The van der Waals surface area contributed by atoms with Gasteiger partial charge in [-0.05, 0) is 54.7 Å². The summed E-state index contributed by atoms with van der Waals surface area (Å²) in [5.41, 5.74) is 0.800. The summed E-state index contributed by atoms with van der Waals surface area (Å²) in [6, 6.07) is 7.08. The summed E-state index contributed by atoms with van der Waals surface area (Å²) in [6.45, 7) is 1.36. The van der Waals surface area contributed by atoms with Gasteiger partial charge in [0.25, 0.3) is 11.5 Å². The fraction of sp³-hybridized carbons (Fsp3) is 0.348. The highest BCUT2D eigenvalue weighted by atomic mass is 35.5. The lowest BCUT2D eigenvalue weighted by Crippen LogP contribution is -2.44. The smallest absolute Gasteiger partial charge is 0.317 e. The van der Waals surface area contributed by atoms with Crippen molar-refractivity contribution in [3.8, 4) is 0 Å². The number of benzene rings is 1. The number of halogens is 1. The summed E-state index contributed by atoms with van der Waals surface area (Å²) in [4.78, 5) is 41.8. The SMILES string of the molecule is O=C(NC/C=C/S(=O)(=O)c1ccc(Cl)cc1)c1cc2c([nH]c1=O)CCN(C(=O)NCC1CC1)C2. The molecule has 0 radical (unpaired) electrons. The molecule has 0 spiro atoms. The van der Waals surface area contributed by atoms with Crippen LogP contribution in [0, 0.1) is 5.92 Å². The Hall–Kier alpha value is -3.11. The van der Waals surface area contributed by atoms with Crippen LogP contribution in [0.15, 0.2) is 51.5 Å². The van der Waals surface area contributed by atoms with E-state index in [1.807, 2.05) is 0 Å². The molecule has 1 aromatic heterocycles. The summed E-state index contributed by atoms with van der Waals surface area (Å²) in [6.07, 6.45) is 4.07. The highest BCUT2D eigenvalue weighted by Crippen LogP contribution is 2.27. The molecule has 180 valence electrons. The van der Waals surface area contributed by atoms with Gasteiger partial charge in [-0.25, -0.2) is 13.2 Å². The van der Waals surface area contributed by atoms with E-state index < -0.39 is 21.3 Å². The third kappa shape index (κ3) is 5.87. The minimum absolute atomic E-state index is 0.0799. The molecule has 2 aliphatic rings. The van der Waals surface area contributed by atoms with Gasteiger partial charge in [0.1, 0.15) is 5.56 Å². The quantitative estimate of drug-likeness (QED) is 0.532. The van der Waals surface area contributed by atoms with E-state index in [0.29, 0.717) is 48.3 Å². The minimum Gasteiger partial charge on any atom is -0.348 e. The molecule has 1 fully saturated rings. The minimum atomic E-state index is -3.68. The van der Waals surface area contributed by atoms with Gasteiger partial charge in [0.05, 0.1) is 4.90 Å². The maximum Gasteiger partial charge on any atom is 0.317 e. The molecule has 1 aromatic carbocycles. The number of pyridine rings is 1. The van der Waals surface area contributed by atoms with E-state index in [0.717, 1.165) is 18.2 Å². The number of sulfone groups is 1. The molecule has 0 unspecified atom stereocenters. The fourth-order valence-electron chi connectivity index (χ4n) is 3.64. The van der Waals surface area contributed by atoms with E-state index in [-0.39, 0.29) is 23.0 Å². The second-order valence-corrected chi connectivity index (χ2v) is 10.7. The lowest BCUT2D eigenvalue weighted by Gasteiger charge is -2.29. The molecule has 1 aliphatic heterocycles. The molecule has 0 atom stereocenters. The Bertz CT molecular complexity index is 1280. The van der Waals surface area contributed by atoms with Crippen molar-refractivity contribution in [1.82, 2.24) is 20.5 Å². The van der Waals surface area contributed by atoms with E-state index in [2.05, 4.69) is 15.6 Å². The number of urea groups is 1. The van der Waals surface area contributed by atoms with Crippen molar-refractivity contribution in [2.24, 2.45) is 5.92 Å². The average molecular weight is 505 g/mol. The zero-order chi connectivity index (χ0) is 24.3. The molecule has 2 heterocycles. The molecular formula is C23H25ClN4O5S. The number of nitrogens with one attached hydrogen (secondary N) is 3. The number of H-pyrrole nitrogens is 1. The molecule has 0 bridgehead atoms. The molecular weight excluding hydrogens is 480 g/mol. The Kier molecular flexibility index (Phi) is 7.08. The van der Waals surface area contributed by atoms with E-state index in [1.165, 1.54) is 36.4 Å². The lowest BCUT2D eigenvalue weighted by molar-refractivity contribution is 0.0956. The topological polar surface area (TPSA) is 128 Å². The van der Waals surface area contributed by atoms with Crippen molar-refractivity contribution in [3.63, 3.8) is 0 Å². The molecule has 0 saturated heterocycles. The van der Waals surface area contributed by atoms with Gasteiger partial charge >= 0.3 is 6.03 Å². The van der Waals surface area contributed by atoms with Crippen LogP contribution in [0.25, 0.3) is 0 Å². The van der Waals surface area contributed by atoms with Crippen molar-refractivity contribution < 1.29 is 18.0 Å². The maximum atomic E-state index is 12.6. The Morgan fingerprint density at radius 2 is 1.91 bits per heavy atom. The molecule has 11 heteroatoms. The standard InChI is InChI=1S/C23H25ClN4O5S/c24-17-4-6-18(7-5-17)34(32,33)11-1-9-25-21(29)19-12-16-14-28(10-8-20(16)27-22(19)30)23(31)26-13-15-2-3-15/h1,4-7,11-12,15H,2-3,8-10,13-14H2,(H,25,29)(H,26,31)(H,27,30)/b11-1+. The molecule has 3 amide bonds. The molecule has 1 saturated carbocycles. The van der Waals surface area contributed by atoms with Crippen LogP contribution in [0.3, 0.4) is 0 Å². The van der Waals surface area contributed by atoms with Crippen LogP contribution in [0.5, 0.6) is 0 Å². The number of carbonyl (C=O) groups is 2. The van der Waals surface area contributed by atoms with Crippen LogP contribution in [0.1, 0.15) is 34.5 Å². The first-order chi connectivity index (χ1) is 16.2. The molecule has 9 nitrogen and oxygen atoms in total. The highest BCUT2D eigenvalue weighted by molar-refractivity contribution is 7.94. The van der Waals surface area contributed by atoms with Crippen molar-refractivity contribution in [3.05, 3.63) is 74.0 Å². The van der Waals surface area contributed by atoms with Gasteiger partial charge < -0.3 is 20.5 Å². The molecule has 34 heavy (non-hydrogen) atoms. The van der Waals surface area contributed by atoms with Crippen LogP contribution < -0.4 is 16.2 Å². The predicted octanol–water partition coefficient (Wildman–Crippen LogP) is 2.22. The summed E-state index contributed by atoms with van der Waals surface area (Å²) >= 11 is 5.78. The number of hydrogen-bond acceptors (Lipinski definition) is 5. The Balaban J connectivity index is 1.37. The second-order valence-electron chi connectivity index (χ2n) is 8.40. The average Bonchev–Trinajstić information content (AvgIpc) is 3.64. The first-order valence-corrected chi connectivity index (χ1v) is 12.9. The number of rotatable bonds is 7. The monoisotopic (exact) mass is 504 g/mol. The summed E-state index contributed by atoms with van der Waals surface area (Å²) in [5, 5.41) is 6.87. The fourth-order valence-corrected chi connectivity index (χ4v) is 4.79. The largest absolute Gasteiger partial charge is 0.348 e. The maximum absolute atomic E-state index is 12.6. The first-order valence-electron chi connectivity index (χ1n) is 11.0. The lowest BCUT2D eigenvalue weighted by atomic mass is 10.0. The van der Waals surface area contributed by atoms with E-state index >= 15 is 0 Å². The van der Waals surface area contributed by atoms with Crippen LogP contribution in [0.2, 0.25) is 5.02 Å². The van der Waals surface area contributed by atoms with Gasteiger partial charge in [-0.1, -0.05) is 17.7 Å². The molecule has 1 aliphatic carbocycles. The van der Waals surface area contributed by atoms with Crippen LogP contribution in [-0.4, -0.2) is 49.9 Å². The highest BCUT2D eigenvalue weighted by Gasteiger charge is 2.26. The van der Waals surface area contributed by atoms with Gasteiger partial charge in [-0.3, -0.25) is 9.59 Å². The van der Waals surface area contributed by atoms with E-state index in [1.54, 1.807) is 4.90 Å². The third-order valence-electron chi connectivity index (χ3n) is 5.78. The summed E-state index contributed by atoms with van der Waals surface area (Å²) < 4.78 is 24.6.